The molecule has 11 heteroatoms. The van der Waals surface area contributed by atoms with Gasteiger partial charge in [-0.3, -0.25) is 4.79 Å². The largest absolute Gasteiger partial charge is 0.452 e. The van der Waals surface area contributed by atoms with Gasteiger partial charge in [0.25, 0.3) is 5.91 Å². The lowest BCUT2D eigenvalue weighted by atomic mass is 10.2. The molecule has 0 aliphatic carbocycles. The zero-order valence-electron chi connectivity index (χ0n) is 16.1. The second kappa shape index (κ2) is 8.41. The molecule has 1 aromatic carbocycles. The van der Waals surface area contributed by atoms with Gasteiger partial charge >= 0.3 is 5.97 Å². The summed E-state index contributed by atoms with van der Waals surface area (Å²) >= 11 is 0. The molecule has 2 heterocycles. The third-order valence-electron chi connectivity index (χ3n) is 5.27. The number of rotatable bonds is 6. The number of esters is 1. The van der Waals surface area contributed by atoms with Gasteiger partial charge in [0.05, 0.1) is 22.0 Å². The van der Waals surface area contributed by atoms with E-state index in [0.29, 0.717) is 19.5 Å². The van der Waals surface area contributed by atoms with Crippen LogP contribution in [0.4, 0.5) is 0 Å². The minimum Gasteiger partial charge on any atom is -0.452 e. The van der Waals surface area contributed by atoms with Gasteiger partial charge in [-0.25, -0.2) is 21.6 Å². The molecular formula is C18H24N2O7S2. The average molecular weight is 445 g/mol. The lowest BCUT2D eigenvalue weighted by molar-refractivity contribution is -0.134. The molecule has 0 saturated carbocycles. The highest BCUT2D eigenvalue weighted by atomic mass is 32.2. The van der Waals surface area contributed by atoms with E-state index in [4.69, 9.17) is 4.74 Å². The summed E-state index contributed by atoms with van der Waals surface area (Å²) in [5.41, 5.74) is 0.129. The van der Waals surface area contributed by atoms with Crippen molar-refractivity contribution in [1.82, 2.24) is 9.21 Å². The predicted octanol–water partition coefficient (Wildman–Crippen LogP) is 0.273. The number of ether oxygens (including phenoxy) is 1. The Labute approximate surface area is 170 Å². The molecule has 2 saturated heterocycles. The molecule has 2 aliphatic rings. The van der Waals surface area contributed by atoms with Crippen molar-refractivity contribution in [3.8, 4) is 0 Å². The number of sulfonamides is 1. The van der Waals surface area contributed by atoms with Crippen LogP contribution in [0.2, 0.25) is 0 Å². The molecule has 29 heavy (non-hydrogen) atoms. The van der Waals surface area contributed by atoms with E-state index >= 15 is 0 Å². The Balaban J connectivity index is 1.56. The Hall–Kier alpha value is -1.98. The van der Waals surface area contributed by atoms with E-state index in [9.17, 15) is 26.4 Å². The Morgan fingerprint density at radius 3 is 2.34 bits per heavy atom. The molecule has 2 fully saturated rings. The van der Waals surface area contributed by atoms with Crippen molar-refractivity contribution in [3.63, 3.8) is 0 Å². The van der Waals surface area contributed by atoms with Crippen molar-refractivity contribution in [2.45, 2.75) is 30.2 Å². The van der Waals surface area contributed by atoms with Gasteiger partial charge in [0.2, 0.25) is 10.0 Å². The van der Waals surface area contributed by atoms with Crippen LogP contribution >= 0.6 is 0 Å². The van der Waals surface area contributed by atoms with Crippen LogP contribution in [0.1, 0.15) is 29.6 Å². The van der Waals surface area contributed by atoms with Crippen LogP contribution < -0.4 is 0 Å². The molecule has 160 valence electrons. The molecule has 1 aromatic rings. The van der Waals surface area contributed by atoms with E-state index in [0.717, 1.165) is 12.8 Å². The number of nitrogens with zero attached hydrogens (tertiary/aromatic N) is 2. The molecule has 0 radical (unpaired) electrons. The van der Waals surface area contributed by atoms with Crippen LogP contribution in [0.3, 0.4) is 0 Å². The predicted molar refractivity (Wildman–Crippen MR) is 105 cm³/mol. The monoisotopic (exact) mass is 444 g/mol. The van der Waals surface area contributed by atoms with E-state index in [1.54, 1.807) is 0 Å². The molecule has 3 rings (SSSR count). The van der Waals surface area contributed by atoms with Crippen LogP contribution in [0.5, 0.6) is 0 Å². The number of carbonyl (C=O) groups excluding carboxylic acids is 2. The van der Waals surface area contributed by atoms with Crippen LogP contribution in [-0.2, 0) is 29.4 Å². The fourth-order valence-corrected chi connectivity index (χ4v) is 6.73. The van der Waals surface area contributed by atoms with Crippen molar-refractivity contribution in [2.75, 3.05) is 38.2 Å². The van der Waals surface area contributed by atoms with Gasteiger partial charge in [0, 0.05) is 26.2 Å². The summed E-state index contributed by atoms with van der Waals surface area (Å²) in [6.45, 7) is 0.466. The number of benzene rings is 1. The molecule has 0 spiro atoms. The van der Waals surface area contributed by atoms with Gasteiger partial charge in [-0.2, -0.15) is 4.31 Å². The quantitative estimate of drug-likeness (QED) is 0.578. The Bertz CT molecular complexity index is 982. The fourth-order valence-electron chi connectivity index (χ4n) is 3.44. The molecule has 1 unspecified atom stereocenters. The maximum absolute atomic E-state index is 12.5. The van der Waals surface area contributed by atoms with Gasteiger partial charge in [0.1, 0.15) is 0 Å². The number of likely N-dealkylation sites (N-methyl/N-ethyl adjacent to an activating group) is 1. The maximum Gasteiger partial charge on any atom is 0.338 e. The van der Waals surface area contributed by atoms with Gasteiger partial charge < -0.3 is 9.64 Å². The summed E-state index contributed by atoms with van der Waals surface area (Å²) in [6.07, 6.45) is 2.03. The van der Waals surface area contributed by atoms with Crippen LogP contribution in [-0.4, -0.2) is 82.2 Å². The zero-order chi connectivity index (χ0) is 21.2. The van der Waals surface area contributed by atoms with Crippen molar-refractivity contribution in [1.29, 1.82) is 0 Å². The summed E-state index contributed by atoms with van der Waals surface area (Å²) in [4.78, 5) is 25.7. The van der Waals surface area contributed by atoms with Crippen molar-refractivity contribution in [2.24, 2.45) is 0 Å². The first-order valence-corrected chi connectivity index (χ1v) is 12.6. The van der Waals surface area contributed by atoms with Crippen LogP contribution in [0, 0.1) is 0 Å². The molecule has 1 amide bonds. The molecule has 1 atom stereocenters. The first-order valence-electron chi connectivity index (χ1n) is 9.33. The molecule has 2 aliphatic heterocycles. The first kappa shape index (κ1) is 21.7. The number of carbonyl (C=O) groups is 2. The molecule has 0 N–H and O–H groups in total. The Morgan fingerprint density at radius 1 is 1.17 bits per heavy atom. The fraction of sp³-hybridized carbons (Fsp3) is 0.556. The Kier molecular flexibility index (Phi) is 6.30. The second-order valence-corrected chi connectivity index (χ2v) is 11.4. The van der Waals surface area contributed by atoms with Crippen molar-refractivity contribution >= 4 is 31.7 Å². The lowest BCUT2D eigenvalue weighted by Gasteiger charge is -2.23. The second-order valence-electron chi connectivity index (χ2n) is 7.27. The standard InChI is InChI=1S/C18H24N2O7S2/c1-19(15-8-11-28(23,24)13-15)17(21)12-27-18(22)14-4-6-16(7-5-14)29(25,26)20-9-2-3-10-20/h4-7,15H,2-3,8-13H2,1H3. The zero-order valence-corrected chi connectivity index (χ0v) is 17.7. The van der Waals surface area contributed by atoms with Gasteiger partial charge in [-0.05, 0) is 43.5 Å². The third kappa shape index (κ3) is 4.96. The average Bonchev–Trinajstić information content (AvgIpc) is 3.35. The highest BCUT2D eigenvalue weighted by Crippen LogP contribution is 2.21. The first-order chi connectivity index (χ1) is 13.6. The van der Waals surface area contributed by atoms with Gasteiger partial charge in [-0.1, -0.05) is 0 Å². The maximum atomic E-state index is 12.5. The van der Waals surface area contributed by atoms with E-state index in [1.807, 2.05) is 0 Å². The summed E-state index contributed by atoms with van der Waals surface area (Å²) in [5, 5.41) is 0. The lowest BCUT2D eigenvalue weighted by Crippen LogP contribution is -2.40. The summed E-state index contributed by atoms with van der Waals surface area (Å²) in [5.74, 6) is -1.29. The SMILES string of the molecule is CN(C(=O)COC(=O)c1ccc(S(=O)(=O)N2CCCC2)cc1)C1CCS(=O)(=O)C1. The number of hydrogen-bond donors (Lipinski definition) is 0. The van der Waals surface area contributed by atoms with Crippen molar-refractivity contribution < 1.29 is 31.2 Å². The van der Waals surface area contributed by atoms with E-state index in [-0.39, 0.29) is 22.0 Å². The minimum atomic E-state index is -3.57. The number of sulfone groups is 1. The van der Waals surface area contributed by atoms with Crippen LogP contribution in [0.15, 0.2) is 29.2 Å². The highest BCUT2D eigenvalue weighted by Gasteiger charge is 2.33. The number of hydrogen-bond acceptors (Lipinski definition) is 7. The van der Waals surface area contributed by atoms with Gasteiger partial charge in [-0.15, -0.1) is 0 Å². The summed E-state index contributed by atoms with van der Waals surface area (Å²) in [6, 6.07) is 4.98. The highest BCUT2D eigenvalue weighted by molar-refractivity contribution is 7.91. The van der Waals surface area contributed by atoms with E-state index in [2.05, 4.69) is 0 Å². The molecular weight excluding hydrogens is 420 g/mol. The molecule has 9 nitrogen and oxygen atoms in total. The third-order valence-corrected chi connectivity index (χ3v) is 8.93. The minimum absolute atomic E-state index is 0.0434. The van der Waals surface area contributed by atoms with Gasteiger partial charge in [0.15, 0.2) is 16.4 Å². The Morgan fingerprint density at radius 2 is 1.79 bits per heavy atom. The summed E-state index contributed by atoms with van der Waals surface area (Å²) < 4.78 is 54.5. The topological polar surface area (TPSA) is 118 Å². The molecule has 0 bridgehead atoms. The van der Waals surface area contributed by atoms with Crippen LogP contribution in [0.25, 0.3) is 0 Å². The smallest absolute Gasteiger partial charge is 0.338 e. The summed E-state index contributed by atoms with van der Waals surface area (Å²) in [7, 11) is -5.20. The molecule has 0 aromatic heterocycles. The van der Waals surface area contributed by atoms with Crippen molar-refractivity contribution in [3.05, 3.63) is 29.8 Å². The van der Waals surface area contributed by atoms with E-state index in [1.165, 1.54) is 40.5 Å². The normalized spacial score (nSPS) is 21.8. The van der Waals surface area contributed by atoms with E-state index < -0.39 is 44.4 Å². The number of amides is 1.